The first kappa shape index (κ1) is 22.5. The molecule has 4 heterocycles. The maximum atomic E-state index is 6.85. The third kappa shape index (κ3) is 3.22. The number of para-hydroxylation sites is 3. The van der Waals surface area contributed by atoms with E-state index in [9.17, 15) is 0 Å². The highest BCUT2D eigenvalue weighted by atomic mass is 32.4. The van der Waals surface area contributed by atoms with Gasteiger partial charge in [0.1, 0.15) is 12.0 Å². The van der Waals surface area contributed by atoms with Gasteiger partial charge in [0.25, 0.3) is 0 Å². The first-order valence-electron chi connectivity index (χ1n) is 12.7. The Hall–Kier alpha value is -4.51. The van der Waals surface area contributed by atoms with Crippen molar-refractivity contribution in [2.75, 3.05) is 0 Å². The van der Waals surface area contributed by atoms with Gasteiger partial charge in [-0.05, 0) is 47.0 Å². The Morgan fingerprint density at radius 3 is 2.36 bits per heavy atom. The molecule has 0 bridgehead atoms. The first-order valence-corrected chi connectivity index (χ1v) is 15.5. The molecule has 0 spiro atoms. The maximum absolute atomic E-state index is 6.85. The molecule has 0 aliphatic carbocycles. The van der Waals surface area contributed by atoms with Crippen LogP contribution in [-0.4, -0.2) is 24.3 Å². The Morgan fingerprint density at radius 2 is 1.46 bits per heavy atom. The second-order valence-corrected chi connectivity index (χ2v) is 13.9. The molecule has 4 aromatic heterocycles. The van der Waals surface area contributed by atoms with E-state index in [4.69, 9.17) is 16.8 Å². The summed E-state index contributed by atoms with van der Waals surface area (Å²) < 4.78 is 2.28. The molecule has 0 saturated carbocycles. The number of nitrogens with zero attached hydrogens (tertiary/aromatic N) is 5. The van der Waals surface area contributed by atoms with E-state index in [0.29, 0.717) is 0 Å². The van der Waals surface area contributed by atoms with E-state index in [1.807, 2.05) is 24.7 Å². The number of fused-ring (bicyclic) bond motifs is 9. The van der Waals surface area contributed by atoms with Crippen molar-refractivity contribution < 1.29 is 0 Å². The van der Waals surface area contributed by atoms with Crippen LogP contribution >= 0.6 is 6.04 Å². The Balaban J connectivity index is 1.57. The Morgan fingerprint density at radius 1 is 0.667 bits per heavy atom. The number of rotatable bonds is 3. The largest absolute Gasteiger partial charge is 0.292 e. The van der Waals surface area contributed by atoms with Crippen LogP contribution in [0.2, 0.25) is 0 Å². The molecule has 184 valence electrons. The summed E-state index contributed by atoms with van der Waals surface area (Å²) in [6, 6.07) is 31.3. The predicted octanol–water partition coefficient (Wildman–Crippen LogP) is 5.89. The normalized spacial score (nSPS) is 13.4. The summed E-state index contributed by atoms with van der Waals surface area (Å²) in [5.74, 6) is 0. The van der Waals surface area contributed by atoms with Crippen molar-refractivity contribution in [3.8, 4) is 0 Å². The molecule has 4 aromatic carbocycles. The number of aromatic nitrogens is 5. The second kappa shape index (κ2) is 8.50. The summed E-state index contributed by atoms with van der Waals surface area (Å²) in [5.41, 5.74) is 5.01. The zero-order valence-corrected chi connectivity index (χ0v) is 22.3. The average molecular weight is 538 g/mol. The van der Waals surface area contributed by atoms with Crippen molar-refractivity contribution in [3.63, 3.8) is 0 Å². The molecule has 5 nitrogen and oxygen atoms in total. The van der Waals surface area contributed by atoms with E-state index in [0.717, 1.165) is 65.2 Å². The van der Waals surface area contributed by atoms with Crippen molar-refractivity contribution in [1.29, 1.82) is 0 Å². The monoisotopic (exact) mass is 537 g/mol. The highest BCUT2D eigenvalue weighted by molar-refractivity contribution is 8.25. The molecular weight excluding hydrogens is 517 g/mol. The topological polar surface area (TPSA) is 56.0 Å². The van der Waals surface area contributed by atoms with Crippen LogP contribution in [0.15, 0.2) is 122 Å². The number of pyridine rings is 2. The summed E-state index contributed by atoms with van der Waals surface area (Å²) >= 11 is 6.85. The van der Waals surface area contributed by atoms with E-state index in [1.54, 1.807) is 6.33 Å². The van der Waals surface area contributed by atoms with Crippen LogP contribution in [0.5, 0.6) is 0 Å². The minimum atomic E-state index is -2.55. The van der Waals surface area contributed by atoms with Gasteiger partial charge in [-0.15, -0.1) is 0 Å². The smallest absolute Gasteiger partial charge is 0.146 e. The van der Waals surface area contributed by atoms with E-state index in [2.05, 4.69) is 110 Å². The summed E-state index contributed by atoms with van der Waals surface area (Å²) in [6.07, 6.45) is 7.10. The second-order valence-electron chi connectivity index (χ2n) is 9.56. The van der Waals surface area contributed by atoms with Crippen molar-refractivity contribution in [3.05, 3.63) is 122 Å². The lowest BCUT2D eigenvalue weighted by Crippen LogP contribution is -2.26. The standard InChI is InChI=1S/C32H20N5PS/c39-38(22-14-16-33-17-15-22,23-13-12-21-19-34-20-35-27(21)18-23)30-11-5-7-25-31(30)24-6-1-3-9-28(24)37-29-10-4-2-8-26(29)36-32(25)37/h1-20H. The molecule has 0 fully saturated rings. The van der Waals surface area contributed by atoms with Crippen LogP contribution in [0.1, 0.15) is 0 Å². The predicted molar refractivity (Wildman–Crippen MR) is 165 cm³/mol. The van der Waals surface area contributed by atoms with Gasteiger partial charge in [-0.2, -0.15) is 0 Å². The molecule has 1 unspecified atom stereocenters. The molecule has 1 atom stereocenters. The van der Waals surface area contributed by atoms with E-state index in [-0.39, 0.29) is 0 Å². The minimum absolute atomic E-state index is 0.887. The van der Waals surface area contributed by atoms with Crippen molar-refractivity contribution in [2.24, 2.45) is 0 Å². The molecule has 8 aromatic rings. The third-order valence-electron chi connectivity index (χ3n) is 7.48. The minimum Gasteiger partial charge on any atom is -0.292 e. The van der Waals surface area contributed by atoms with E-state index >= 15 is 0 Å². The number of imidazole rings is 1. The summed E-state index contributed by atoms with van der Waals surface area (Å²) in [6.45, 7) is 0. The van der Waals surface area contributed by atoms with Crippen LogP contribution < -0.4 is 15.9 Å². The van der Waals surface area contributed by atoms with Crippen molar-refractivity contribution in [2.45, 2.75) is 0 Å². The molecule has 0 amide bonds. The molecule has 8 rings (SSSR count). The van der Waals surface area contributed by atoms with Crippen LogP contribution in [0.3, 0.4) is 0 Å². The molecular formula is C32H20N5PS. The van der Waals surface area contributed by atoms with E-state index < -0.39 is 6.04 Å². The molecule has 0 radical (unpaired) electrons. The van der Waals surface area contributed by atoms with Gasteiger partial charge >= 0.3 is 0 Å². The SMILES string of the molecule is S=P(c1ccncc1)(c1ccc2cncnc2c1)c1cccc2c1c1ccccc1n1c3ccccc3nc21. The van der Waals surface area contributed by atoms with Crippen LogP contribution in [0, 0.1) is 0 Å². The summed E-state index contributed by atoms with van der Waals surface area (Å²) in [4.78, 5) is 18.2. The summed E-state index contributed by atoms with van der Waals surface area (Å²) in [5, 5.41) is 7.70. The molecule has 0 aliphatic heterocycles. The average Bonchev–Trinajstić information content (AvgIpc) is 3.41. The molecule has 0 N–H and O–H groups in total. The number of hydrogen-bond donors (Lipinski definition) is 0. The Bertz CT molecular complexity index is 2280. The summed E-state index contributed by atoms with van der Waals surface area (Å²) in [7, 11) is 0. The molecule has 0 saturated heterocycles. The van der Waals surface area contributed by atoms with Gasteiger partial charge in [-0.1, -0.05) is 72.5 Å². The zero-order chi connectivity index (χ0) is 26.0. The number of hydrogen-bond acceptors (Lipinski definition) is 5. The van der Waals surface area contributed by atoms with Gasteiger partial charge in [0.15, 0.2) is 0 Å². The highest BCUT2D eigenvalue weighted by Crippen LogP contribution is 2.47. The molecule has 0 aliphatic rings. The van der Waals surface area contributed by atoms with Crippen molar-refractivity contribution >= 4 is 83.0 Å². The van der Waals surface area contributed by atoms with Crippen LogP contribution in [0.25, 0.3) is 49.3 Å². The fourth-order valence-corrected chi connectivity index (χ4v) is 9.75. The Labute approximate surface area is 228 Å². The first-order chi connectivity index (χ1) is 19.2. The highest BCUT2D eigenvalue weighted by Gasteiger charge is 2.29. The fourth-order valence-electron chi connectivity index (χ4n) is 5.74. The Kier molecular flexibility index (Phi) is 4.90. The van der Waals surface area contributed by atoms with Crippen LogP contribution in [0.4, 0.5) is 0 Å². The lowest BCUT2D eigenvalue weighted by atomic mass is 10.1. The molecule has 7 heteroatoms. The lowest BCUT2D eigenvalue weighted by Gasteiger charge is -2.26. The van der Waals surface area contributed by atoms with Gasteiger partial charge < -0.3 is 0 Å². The van der Waals surface area contributed by atoms with Gasteiger partial charge in [-0.3, -0.25) is 9.38 Å². The van der Waals surface area contributed by atoms with Gasteiger partial charge in [0.05, 0.1) is 22.1 Å². The van der Waals surface area contributed by atoms with E-state index in [1.165, 1.54) is 0 Å². The van der Waals surface area contributed by atoms with Gasteiger partial charge in [0, 0.05) is 51.5 Å². The van der Waals surface area contributed by atoms with Gasteiger partial charge in [0.2, 0.25) is 0 Å². The lowest BCUT2D eigenvalue weighted by molar-refractivity contribution is 1.22. The van der Waals surface area contributed by atoms with Crippen LogP contribution in [-0.2, 0) is 11.8 Å². The molecule has 39 heavy (non-hydrogen) atoms. The zero-order valence-electron chi connectivity index (χ0n) is 20.6. The fraction of sp³-hybridized carbons (Fsp3) is 0. The third-order valence-corrected chi connectivity index (χ3v) is 12.4. The quantitative estimate of drug-likeness (QED) is 0.208. The van der Waals surface area contributed by atoms with Crippen molar-refractivity contribution in [1.82, 2.24) is 24.3 Å². The van der Waals surface area contributed by atoms with Gasteiger partial charge in [-0.25, -0.2) is 15.0 Å². The number of benzene rings is 4. The maximum Gasteiger partial charge on any atom is 0.146 e.